The van der Waals surface area contributed by atoms with E-state index in [2.05, 4.69) is 23.0 Å². The largest absolute Gasteiger partial charge is 0.490 e. The number of benzene rings is 2. The van der Waals surface area contributed by atoms with Crippen LogP contribution in [0.3, 0.4) is 0 Å². The van der Waals surface area contributed by atoms with Crippen molar-refractivity contribution in [3.05, 3.63) is 53.2 Å². The SMILES string of the molecule is CCCCOc1c(Cl)cc(-c2cccc(S(=O)(=O)CC)c2)c2c1[nH]c1ncc(C)cc12. The highest BCUT2D eigenvalue weighted by Gasteiger charge is 2.20. The topological polar surface area (TPSA) is 72.1 Å². The van der Waals surface area contributed by atoms with Crippen LogP contribution in [-0.4, -0.2) is 30.7 Å². The second-order valence-electron chi connectivity index (χ2n) is 7.65. The first kappa shape index (κ1) is 21.7. The Hall–Kier alpha value is -2.57. The molecule has 1 N–H and O–H groups in total. The fraction of sp³-hybridized carbons (Fsp3) is 0.292. The summed E-state index contributed by atoms with van der Waals surface area (Å²) in [4.78, 5) is 8.21. The molecule has 7 heteroatoms. The van der Waals surface area contributed by atoms with Crippen molar-refractivity contribution in [1.82, 2.24) is 9.97 Å². The maximum Gasteiger partial charge on any atom is 0.178 e. The third kappa shape index (κ3) is 4.02. The van der Waals surface area contributed by atoms with Gasteiger partial charge in [-0.25, -0.2) is 13.4 Å². The van der Waals surface area contributed by atoms with Crippen LogP contribution in [0, 0.1) is 6.92 Å². The quantitative estimate of drug-likeness (QED) is 0.330. The molecule has 0 aliphatic carbocycles. The summed E-state index contributed by atoms with van der Waals surface area (Å²) >= 11 is 6.67. The third-order valence-corrected chi connectivity index (χ3v) is 7.41. The summed E-state index contributed by atoms with van der Waals surface area (Å²) in [6.45, 7) is 6.31. The number of fused-ring (bicyclic) bond motifs is 3. The lowest BCUT2D eigenvalue weighted by Gasteiger charge is -2.13. The number of H-pyrrole nitrogens is 1. The summed E-state index contributed by atoms with van der Waals surface area (Å²) in [5.74, 6) is 0.648. The number of nitrogens with zero attached hydrogens (tertiary/aromatic N) is 1. The molecule has 2 heterocycles. The second kappa shape index (κ2) is 8.52. The van der Waals surface area contributed by atoms with Crippen LogP contribution >= 0.6 is 11.6 Å². The summed E-state index contributed by atoms with van der Waals surface area (Å²) < 4.78 is 31.0. The fourth-order valence-electron chi connectivity index (χ4n) is 3.72. The number of sulfone groups is 1. The highest BCUT2D eigenvalue weighted by molar-refractivity contribution is 7.91. The van der Waals surface area contributed by atoms with E-state index in [1.807, 2.05) is 25.3 Å². The van der Waals surface area contributed by atoms with Gasteiger partial charge in [-0.3, -0.25) is 0 Å². The number of nitrogens with one attached hydrogen (secondary N) is 1. The highest BCUT2D eigenvalue weighted by atomic mass is 35.5. The molecule has 0 saturated carbocycles. The molecule has 162 valence electrons. The number of aryl methyl sites for hydroxylation is 1. The van der Waals surface area contributed by atoms with Crippen molar-refractivity contribution in [2.24, 2.45) is 0 Å². The molecule has 2 aromatic heterocycles. The number of aromatic amines is 1. The molecule has 0 amide bonds. The molecule has 0 fully saturated rings. The lowest BCUT2D eigenvalue weighted by Crippen LogP contribution is -2.03. The number of halogens is 1. The van der Waals surface area contributed by atoms with Gasteiger partial charge in [0.15, 0.2) is 15.6 Å². The number of rotatable bonds is 7. The Bertz CT molecular complexity index is 1380. The normalized spacial score (nSPS) is 12.0. The van der Waals surface area contributed by atoms with E-state index in [1.165, 1.54) is 0 Å². The van der Waals surface area contributed by atoms with Crippen LogP contribution in [-0.2, 0) is 9.84 Å². The van der Waals surface area contributed by atoms with Crippen molar-refractivity contribution in [3.63, 3.8) is 0 Å². The molecule has 0 radical (unpaired) electrons. The summed E-state index contributed by atoms with van der Waals surface area (Å²) in [7, 11) is -3.33. The molecule has 0 aliphatic heterocycles. The number of unbranched alkanes of at least 4 members (excludes halogenated alkanes) is 1. The van der Waals surface area contributed by atoms with Gasteiger partial charge in [0.05, 0.1) is 27.8 Å². The molecule has 2 aromatic carbocycles. The summed E-state index contributed by atoms with van der Waals surface area (Å²) in [6, 6.07) is 10.9. The van der Waals surface area contributed by atoms with Gasteiger partial charge in [-0.05, 0) is 54.3 Å². The Labute approximate surface area is 187 Å². The van der Waals surface area contributed by atoms with E-state index < -0.39 is 9.84 Å². The highest BCUT2D eigenvalue weighted by Crippen LogP contribution is 2.43. The summed E-state index contributed by atoms with van der Waals surface area (Å²) in [5.41, 5.74) is 4.17. The summed E-state index contributed by atoms with van der Waals surface area (Å²) in [6.07, 6.45) is 3.75. The predicted octanol–water partition coefficient (Wildman–Crippen LogP) is 6.32. The first-order chi connectivity index (χ1) is 14.9. The van der Waals surface area contributed by atoms with E-state index in [0.29, 0.717) is 22.3 Å². The standard InChI is InChI=1S/C24H25ClN2O3S/c1-4-6-10-30-23-20(25)13-18(16-8-7-9-17(12-16)31(28,29)5-2)21-19-11-15(3)14-26-24(19)27-22(21)23/h7-9,11-14H,4-6,10H2,1-3H3,(H,26,27). The van der Waals surface area contributed by atoms with Gasteiger partial charge in [0, 0.05) is 17.0 Å². The Morgan fingerprint density at radius 1 is 1.16 bits per heavy atom. The van der Waals surface area contributed by atoms with E-state index in [-0.39, 0.29) is 5.75 Å². The molecule has 0 spiro atoms. The van der Waals surface area contributed by atoms with E-state index in [9.17, 15) is 8.42 Å². The Morgan fingerprint density at radius 2 is 1.97 bits per heavy atom. The average Bonchev–Trinajstić information content (AvgIpc) is 3.13. The lowest BCUT2D eigenvalue weighted by atomic mass is 9.99. The fourth-order valence-corrected chi connectivity index (χ4v) is 4.90. The maximum absolute atomic E-state index is 12.5. The molecule has 0 unspecified atom stereocenters. The predicted molar refractivity (Wildman–Crippen MR) is 127 cm³/mol. The van der Waals surface area contributed by atoms with Gasteiger partial charge in [-0.2, -0.15) is 0 Å². The van der Waals surface area contributed by atoms with Crippen molar-refractivity contribution in [2.45, 2.75) is 38.5 Å². The van der Waals surface area contributed by atoms with Crippen LogP contribution < -0.4 is 4.74 Å². The zero-order chi connectivity index (χ0) is 22.2. The zero-order valence-electron chi connectivity index (χ0n) is 17.8. The van der Waals surface area contributed by atoms with Crippen LogP contribution in [0.4, 0.5) is 0 Å². The van der Waals surface area contributed by atoms with E-state index in [0.717, 1.165) is 51.5 Å². The van der Waals surface area contributed by atoms with Crippen molar-refractivity contribution >= 4 is 43.4 Å². The van der Waals surface area contributed by atoms with Crippen molar-refractivity contribution in [1.29, 1.82) is 0 Å². The first-order valence-corrected chi connectivity index (χ1v) is 12.4. The number of ether oxygens (including phenoxy) is 1. The van der Waals surface area contributed by atoms with Gasteiger partial charge >= 0.3 is 0 Å². The zero-order valence-corrected chi connectivity index (χ0v) is 19.4. The molecule has 0 saturated heterocycles. The molecular formula is C24H25ClN2O3S. The first-order valence-electron chi connectivity index (χ1n) is 10.4. The van der Waals surface area contributed by atoms with Crippen LogP contribution in [0.2, 0.25) is 5.02 Å². The van der Waals surface area contributed by atoms with Gasteiger partial charge < -0.3 is 9.72 Å². The van der Waals surface area contributed by atoms with Crippen molar-refractivity contribution in [3.8, 4) is 16.9 Å². The van der Waals surface area contributed by atoms with Gasteiger partial charge in [-0.1, -0.05) is 44.0 Å². The smallest absolute Gasteiger partial charge is 0.178 e. The van der Waals surface area contributed by atoms with Crippen molar-refractivity contribution in [2.75, 3.05) is 12.4 Å². The number of hydrogen-bond donors (Lipinski definition) is 1. The number of aromatic nitrogens is 2. The van der Waals surface area contributed by atoms with Gasteiger partial charge in [0.2, 0.25) is 0 Å². The minimum Gasteiger partial charge on any atom is -0.490 e. The van der Waals surface area contributed by atoms with Crippen LogP contribution in [0.15, 0.2) is 47.5 Å². The molecular weight excluding hydrogens is 432 g/mol. The molecule has 4 aromatic rings. The molecule has 0 bridgehead atoms. The van der Waals surface area contributed by atoms with E-state index >= 15 is 0 Å². The molecule has 0 aliphatic rings. The average molecular weight is 457 g/mol. The van der Waals surface area contributed by atoms with Crippen LogP contribution in [0.1, 0.15) is 32.3 Å². The molecule has 0 atom stereocenters. The van der Waals surface area contributed by atoms with Crippen LogP contribution in [0.5, 0.6) is 5.75 Å². The number of hydrogen-bond acceptors (Lipinski definition) is 4. The molecule has 31 heavy (non-hydrogen) atoms. The minimum atomic E-state index is -3.33. The van der Waals surface area contributed by atoms with Gasteiger partial charge in [0.25, 0.3) is 0 Å². The lowest BCUT2D eigenvalue weighted by molar-refractivity contribution is 0.312. The number of pyridine rings is 1. The Kier molecular flexibility index (Phi) is 5.95. The Balaban J connectivity index is 2.02. The van der Waals surface area contributed by atoms with Gasteiger partial charge in [0.1, 0.15) is 5.65 Å². The van der Waals surface area contributed by atoms with Gasteiger partial charge in [-0.15, -0.1) is 0 Å². The van der Waals surface area contributed by atoms with E-state index in [4.69, 9.17) is 16.3 Å². The summed E-state index contributed by atoms with van der Waals surface area (Å²) in [5, 5.41) is 2.35. The maximum atomic E-state index is 12.5. The third-order valence-electron chi connectivity index (χ3n) is 5.40. The minimum absolute atomic E-state index is 0.0486. The monoisotopic (exact) mass is 456 g/mol. The molecule has 4 rings (SSSR count). The van der Waals surface area contributed by atoms with Crippen molar-refractivity contribution < 1.29 is 13.2 Å². The van der Waals surface area contributed by atoms with E-state index in [1.54, 1.807) is 25.1 Å². The van der Waals surface area contributed by atoms with Crippen LogP contribution in [0.25, 0.3) is 33.1 Å². The Morgan fingerprint density at radius 3 is 2.71 bits per heavy atom. The second-order valence-corrected chi connectivity index (χ2v) is 10.3. The molecule has 5 nitrogen and oxygen atoms in total.